The zero-order chi connectivity index (χ0) is 14.7. The van der Waals surface area contributed by atoms with E-state index in [9.17, 15) is 4.79 Å². The molecule has 1 fully saturated rings. The van der Waals surface area contributed by atoms with Gasteiger partial charge < -0.3 is 10.2 Å². The van der Waals surface area contributed by atoms with E-state index < -0.39 is 0 Å². The minimum atomic E-state index is -0.0464. The Balaban J connectivity index is 1.93. The molecule has 0 unspecified atom stereocenters. The first-order valence-electron chi connectivity index (χ1n) is 6.73. The van der Waals surface area contributed by atoms with Crippen LogP contribution in [0.3, 0.4) is 0 Å². The minimum Gasteiger partial charge on any atom is -0.327 e. The first kappa shape index (κ1) is 15.9. The van der Waals surface area contributed by atoms with Crippen molar-refractivity contribution >= 4 is 46.4 Å². The number of amides is 1. The fraction of sp³-hybridized carbons (Fsp3) is 0.500. The zero-order valence-electron chi connectivity index (χ0n) is 11.3. The standard InChI is InChI=1S/C14H17Cl3N2O/c1-9-2-4-19(5-3-9)8-14(20)18-13-7-11(16)10(15)6-12(13)17/h6-7,9H,2-5,8H2,1H3,(H,18,20)/p+1. The highest BCUT2D eigenvalue weighted by Crippen LogP contribution is 2.32. The first-order valence-corrected chi connectivity index (χ1v) is 7.87. The summed E-state index contributed by atoms with van der Waals surface area (Å²) < 4.78 is 0. The number of halogens is 3. The van der Waals surface area contributed by atoms with Gasteiger partial charge >= 0.3 is 0 Å². The molecule has 1 aromatic carbocycles. The van der Waals surface area contributed by atoms with Gasteiger partial charge in [-0.05, 0) is 30.9 Å². The summed E-state index contributed by atoms with van der Waals surface area (Å²) in [6, 6.07) is 3.12. The van der Waals surface area contributed by atoms with Crippen LogP contribution in [0.5, 0.6) is 0 Å². The maximum Gasteiger partial charge on any atom is 0.279 e. The normalized spacial score (nSPS) is 22.6. The Morgan fingerprint density at radius 1 is 1.20 bits per heavy atom. The summed E-state index contributed by atoms with van der Waals surface area (Å²) in [5.74, 6) is 0.723. The summed E-state index contributed by atoms with van der Waals surface area (Å²) in [5.41, 5.74) is 0.510. The molecule has 0 atom stereocenters. The van der Waals surface area contributed by atoms with Crippen LogP contribution in [0.15, 0.2) is 12.1 Å². The van der Waals surface area contributed by atoms with E-state index in [2.05, 4.69) is 12.2 Å². The molecule has 6 heteroatoms. The van der Waals surface area contributed by atoms with Gasteiger partial charge in [0.15, 0.2) is 6.54 Å². The van der Waals surface area contributed by atoms with Crippen molar-refractivity contribution in [3.63, 3.8) is 0 Å². The van der Waals surface area contributed by atoms with Crippen LogP contribution in [0.1, 0.15) is 19.8 Å². The molecule has 110 valence electrons. The molecule has 1 saturated heterocycles. The molecule has 2 N–H and O–H groups in total. The molecule has 0 radical (unpaired) electrons. The molecule has 0 aromatic heterocycles. The van der Waals surface area contributed by atoms with Crippen molar-refractivity contribution in [2.75, 3.05) is 25.0 Å². The minimum absolute atomic E-state index is 0.0464. The van der Waals surface area contributed by atoms with Crippen molar-refractivity contribution in [1.29, 1.82) is 0 Å². The third-order valence-electron chi connectivity index (χ3n) is 3.68. The highest BCUT2D eigenvalue weighted by Gasteiger charge is 2.21. The Bertz CT molecular complexity index is 499. The Kier molecular flexibility index (Phi) is 5.56. The van der Waals surface area contributed by atoms with E-state index in [0.717, 1.165) is 19.0 Å². The van der Waals surface area contributed by atoms with Gasteiger partial charge in [0.05, 0.1) is 33.8 Å². The molecule has 1 aliphatic rings. The lowest BCUT2D eigenvalue weighted by molar-refractivity contribution is -0.897. The number of carbonyl (C=O) groups is 1. The second-order valence-corrected chi connectivity index (χ2v) is 6.63. The summed E-state index contributed by atoms with van der Waals surface area (Å²) in [6.07, 6.45) is 2.35. The molecule has 1 aromatic rings. The van der Waals surface area contributed by atoms with E-state index in [1.807, 2.05) is 0 Å². The topological polar surface area (TPSA) is 33.5 Å². The van der Waals surface area contributed by atoms with Gasteiger partial charge in [-0.15, -0.1) is 0 Å². The Hall–Kier alpha value is -0.480. The molecule has 0 spiro atoms. The van der Waals surface area contributed by atoms with Gasteiger partial charge in [0.2, 0.25) is 0 Å². The third kappa shape index (κ3) is 4.26. The molecule has 2 rings (SSSR count). The molecular weight excluding hydrogens is 319 g/mol. The van der Waals surface area contributed by atoms with Gasteiger partial charge in [-0.2, -0.15) is 0 Å². The van der Waals surface area contributed by atoms with Crippen LogP contribution >= 0.6 is 34.8 Å². The second-order valence-electron chi connectivity index (χ2n) is 5.40. The maximum atomic E-state index is 12.0. The number of benzene rings is 1. The summed E-state index contributed by atoms with van der Waals surface area (Å²) in [4.78, 5) is 13.4. The van der Waals surface area contributed by atoms with E-state index in [1.54, 1.807) is 6.07 Å². The van der Waals surface area contributed by atoms with Crippen molar-refractivity contribution < 1.29 is 9.69 Å². The van der Waals surface area contributed by atoms with Crippen LogP contribution in [-0.2, 0) is 4.79 Å². The predicted molar refractivity (Wildman–Crippen MR) is 84.1 cm³/mol. The van der Waals surface area contributed by atoms with Gasteiger partial charge in [-0.1, -0.05) is 41.7 Å². The fourth-order valence-electron chi connectivity index (χ4n) is 2.39. The number of likely N-dealkylation sites (tertiary alicyclic amines) is 1. The van der Waals surface area contributed by atoms with Crippen LogP contribution in [0.4, 0.5) is 5.69 Å². The SMILES string of the molecule is CC1CC[NH+](CC(=O)Nc2cc(Cl)c(Cl)cc2Cl)CC1. The maximum absolute atomic E-state index is 12.0. The number of rotatable bonds is 3. The fourth-order valence-corrected chi connectivity index (χ4v) is 2.98. The molecule has 0 aliphatic carbocycles. The summed E-state index contributed by atoms with van der Waals surface area (Å²) in [5, 5.41) is 3.96. The second kappa shape index (κ2) is 6.99. The number of nitrogens with one attached hydrogen (secondary N) is 2. The summed E-state index contributed by atoms with van der Waals surface area (Å²) in [7, 11) is 0. The van der Waals surface area contributed by atoms with E-state index in [1.165, 1.54) is 23.8 Å². The third-order valence-corrected chi connectivity index (χ3v) is 4.71. The molecule has 0 bridgehead atoms. The molecule has 1 amide bonds. The lowest BCUT2D eigenvalue weighted by atomic mass is 9.99. The van der Waals surface area contributed by atoms with Crippen molar-refractivity contribution in [3.8, 4) is 0 Å². The van der Waals surface area contributed by atoms with Crippen LogP contribution in [0, 0.1) is 5.92 Å². The van der Waals surface area contributed by atoms with Gasteiger partial charge in [0, 0.05) is 0 Å². The highest BCUT2D eigenvalue weighted by molar-refractivity contribution is 6.44. The number of hydrogen-bond donors (Lipinski definition) is 2. The lowest BCUT2D eigenvalue weighted by Crippen LogP contribution is -3.14. The average Bonchev–Trinajstić information content (AvgIpc) is 2.39. The molecule has 0 saturated carbocycles. The van der Waals surface area contributed by atoms with Crippen LogP contribution in [0.25, 0.3) is 0 Å². The number of anilines is 1. The number of hydrogen-bond acceptors (Lipinski definition) is 1. The van der Waals surface area contributed by atoms with Gasteiger partial charge in [-0.3, -0.25) is 4.79 Å². The van der Waals surface area contributed by atoms with E-state index in [0.29, 0.717) is 27.3 Å². The monoisotopic (exact) mass is 335 g/mol. The molecule has 1 aliphatic heterocycles. The van der Waals surface area contributed by atoms with Crippen molar-refractivity contribution in [2.24, 2.45) is 5.92 Å². The van der Waals surface area contributed by atoms with Crippen molar-refractivity contribution in [2.45, 2.75) is 19.8 Å². The molecule has 1 heterocycles. The van der Waals surface area contributed by atoms with Crippen LogP contribution < -0.4 is 10.2 Å². The summed E-state index contributed by atoms with van der Waals surface area (Å²) in [6.45, 7) is 4.81. The van der Waals surface area contributed by atoms with Gasteiger partial charge in [0.25, 0.3) is 5.91 Å². The quantitative estimate of drug-likeness (QED) is 0.818. The molecule has 20 heavy (non-hydrogen) atoms. The zero-order valence-corrected chi connectivity index (χ0v) is 13.6. The average molecular weight is 337 g/mol. The lowest BCUT2D eigenvalue weighted by Gasteiger charge is -2.26. The van der Waals surface area contributed by atoms with Gasteiger partial charge in [-0.25, -0.2) is 0 Å². The van der Waals surface area contributed by atoms with Crippen molar-refractivity contribution in [1.82, 2.24) is 0 Å². The van der Waals surface area contributed by atoms with Gasteiger partial charge in [0.1, 0.15) is 0 Å². The van der Waals surface area contributed by atoms with E-state index >= 15 is 0 Å². The Morgan fingerprint density at radius 2 is 1.80 bits per heavy atom. The first-order chi connectivity index (χ1) is 9.45. The van der Waals surface area contributed by atoms with E-state index in [-0.39, 0.29) is 5.91 Å². The Morgan fingerprint density at radius 3 is 2.45 bits per heavy atom. The molecular formula is C14H18Cl3N2O+. The van der Waals surface area contributed by atoms with Crippen LogP contribution in [0.2, 0.25) is 15.1 Å². The number of quaternary nitrogens is 1. The highest BCUT2D eigenvalue weighted by atomic mass is 35.5. The molecule has 3 nitrogen and oxygen atoms in total. The summed E-state index contributed by atoms with van der Waals surface area (Å²) >= 11 is 17.8. The largest absolute Gasteiger partial charge is 0.327 e. The Labute approximate surface area is 134 Å². The predicted octanol–water partition coefficient (Wildman–Crippen LogP) is 2.90. The number of carbonyl (C=O) groups excluding carboxylic acids is 1. The number of piperidine rings is 1. The van der Waals surface area contributed by atoms with Crippen molar-refractivity contribution in [3.05, 3.63) is 27.2 Å². The van der Waals surface area contributed by atoms with E-state index in [4.69, 9.17) is 34.8 Å². The smallest absolute Gasteiger partial charge is 0.279 e. The van der Waals surface area contributed by atoms with Crippen LogP contribution in [-0.4, -0.2) is 25.5 Å².